The minimum absolute atomic E-state index is 0.0347. The van der Waals surface area contributed by atoms with Crippen LogP contribution in [0.2, 0.25) is 0 Å². The molecule has 0 aliphatic heterocycles. The maximum absolute atomic E-state index is 9.32. The molecule has 0 heterocycles. The fourth-order valence-electron chi connectivity index (χ4n) is 0. The zero-order chi connectivity index (χ0) is 7.86. The minimum atomic E-state index is -0.829. The molecule has 0 aromatic heterocycles. The second-order valence-corrected chi connectivity index (χ2v) is 2.82. The number of alkyl halides is 1. The van der Waals surface area contributed by atoms with E-state index in [1.54, 1.807) is 0 Å². The topological polar surface area (TPSA) is 37.3 Å². The fraction of sp³-hybridized carbons (Fsp3) is 0.833. The van der Waals surface area contributed by atoms with E-state index in [-0.39, 0.29) is 5.33 Å². The molecule has 0 rings (SSSR count). The maximum Gasteiger partial charge on any atom is 0.314 e. The molecule has 0 aromatic carbocycles. The Morgan fingerprint density at radius 1 is 1.56 bits per heavy atom. The smallest absolute Gasteiger partial charge is 0.314 e. The van der Waals surface area contributed by atoms with E-state index in [2.05, 4.69) is 36.7 Å². The third-order valence-electron chi connectivity index (χ3n) is 0.114. The summed E-state index contributed by atoms with van der Waals surface area (Å²) in [5.74, 6) is 0.00463. The van der Waals surface area contributed by atoms with Crippen LogP contribution in [0.25, 0.3) is 0 Å². The summed E-state index contributed by atoms with van der Waals surface area (Å²) in [5.41, 5.74) is 0. The van der Waals surface area contributed by atoms with Gasteiger partial charge in [-0.25, -0.2) is 0 Å². The summed E-state index contributed by atoms with van der Waals surface area (Å²) in [4.78, 5) is 9.32. The molecule has 0 unspecified atom stereocenters. The molecule has 2 nitrogen and oxygen atoms in total. The Kier molecular flexibility index (Phi) is 10.3. The number of carbonyl (C=O) groups is 1. The van der Waals surface area contributed by atoms with Crippen LogP contribution in [0, 0.1) is 5.92 Å². The Morgan fingerprint density at radius 2 is 1.67 bits per heavy atom. The van der Waals surface area contributed by atoms with Gasteiger partial charge in [-0.15, -0.1) is 0 Å². The quantitative estimate of drug-likeness (QED) is 0.653. The lowest BCUT2D eigenvalue weighted by atomic mass is 10.3. The minimum Gasteiger partial charge on any atom is -0.481 e. The van der Waals surface area contributed by atoms with Crippen molar-refractivity contribution in [3.05, 3.63) is 0 Å². The molecule has 0 amide bonds. The van der Waals surface area contributed by atoms with E-state index in [0.717, 1.165) is 5.92 Å². The molecule has 0 bridgehead atoms. The molecule has 0 atom stereocenters. The summed E-state index contributed by atoms with van der Waals surface area (Å²) in [6.45, 7) is 6.50. The lowest BCUT2D eigenvalue weighted by Gasteiger charge is -1.79. The van der Waals surface area contributed by atoms with Gasteiger partial charge in [0, 0.05) is 0 Å². The number of hydrogen-bond acceptors (Lipinski definition) is 1. The van der Waals surface area contributed by atoms with Gasteiger partial charge in [-0.2, -0.15) is 0 Å². The lowest BCUT2D eigenvalue weighted by Crippen LogP contribution is -1.92. The molecular formula is C6H13BrO2. The van der Waals surface area contributed by atoms with Gasteiger partial charge in [0.05, 0.1) is 0 Å². The van der Waals surface area contributed by atoms with Gasteiger partial charge in [0.2, 0.25) is 0 Å². The predicted octanol–water partition coefficient (Wildman–Crippen LogP) is 2.13. The first-order valence-electron chi connectivity index (χ1n) is 2.78. The summed E-state index contributed by atoms with van der Waals surface area (Å²) < 4.78 is 0. The van der Waals surface area contributed by atoms with Gasteiger partial charge in [-0.3, -0.25) is 4.79 Å². The van der Waals surface area contributed by atoms with E-state index < -0.39 is 5.97 Å². The van der Waals surface area contributed by atoms with Crippen molar-refractivity contribution in [1.82, 2.24) is 0 Å². The van der Waals surface area contributed by atoms with Gasteiger partial charge >= 0.3 is 5.97 Å². The molecule has 56 valence electrons. The molecule has 0 aromatic rings. The van der Waals surface area contributed by atoms with Crippen LogP contribution in [0.1, 0.15) is 20.8 Å². The summed E-state index contributed by atoms with van der Waals surface area (Å²) in [6.07, 6.45) is 0. The second kappa shape index (κ2) is 7.95. The van der Waals surface area contributed by atoms with Crippen LogP contribution in [0.4, 0.5) is 0 Å². The summed E-state index contributed by atoms with van der Waals surface area (Å²) >= 11 is 2.71. The molecule has 0 aliphatic rings. The Hall–Kier alpha value is -0.0500. The van der Waals surface area contributed by atoms with Crippen molar-refractivity contribution in [1.29, 1.82) is 0 Å². The highest BCUT2D eigenvalue weighted by Gasteiger charge is 1.83. The van der Waals surface area contributed by atoms with Crippen LogP contribution in [-0.4, -0.2) is 16.4 Å². The highest BCUT2D eigenvalue weighted by Crippen LogP contribution is 1.81. The van der Waals surface area contributed by atoms with E-state index in [1.807, 2.05) is 0 Å². The van der Waals surface area contributed by atoms with Gasteiger partial charge < -0.3 is 5.11 Å². The summed E-state index contributed by atoms with van der Waals surface area (Å²) in [6, 6.07) is 0. The number of hydrogen-bond donors (Lipinski definition) is 1. The monoisotopic (exact) mass is 196 g/mol. The number of carboxylic acid groups (broad SMARTS) is 1. The van der Waals surface area contributed by atoms with Crippen molar-refractivity contribution in [2.75, 3.05) is 5.33 Å². The lowest BCUT2D eigenvalue weighted by molar-refractivity contribution is -0.133. The van der Waals surface area contributed by atoms with Gasteiger partial charge in [-0.1, -0.05) is 36.7 Å². The molecule has 9 heavy (non-hydrogen) atoms. The molecule has 0 radical (unpaired) electrons. The average molecular weight is 197 g/mol. The third kappa shape index (κ3) is 74.0. The summed E-state index contributed by atoms with van der Waals surface area (Å²) in [5, 5.41) is 7.71. The molecule has 0 saturated heterocycles. The van der Waals surface area contributed by atoms with Gasteiger partial charge in [-0.05, 0) is 5.92 Å². The van der Waals surface area contributed by atoms with Crippen LogP contribution < -0.4 is 0 Å². The first kappa shape index (κ1) is 11.7. The van der Waals surface area contributed by atoms with Crippen molar-refractivity contribution < 1.29 is 9.90 Å². The largest absolute Gasteiger partial charge is 0.481 e. The Morgan fingerprint density at radius 3 is 1.67 bits per heavy atom. The van der Waals surface area contributed by atoms with E-state index in [9.17, 15) is 4.79 Å². The standard InChI is InChI=1S/C4H10.C2H3BrO2/c1-4(2)3;3-1-2(4)5/h4H,1-3H3;1H2,(H,4,5). The van der Waals surface area contributed by atoms with Crippen LogP contribution >= 0.6 is 15.9 Å². The highest BCUT2D eigenvalue weighted by atomic mass is 79.9. The fourth-order valence-corrected chi connectivity index (χ4v) is 0. The van der Waals surface area contributed by atoms with Crippen molar-refractivity contribution >= 4 is 21.9 Å². The Balaban J connectivity index is 0. The summed E-state index contributed by atoms with van der Waals surface area (Å²) in [7, 11) is 0. The van der Waals surface area contributed by atoms with Crippen LogP contribution in [0.5, 0.6) is 0 Å². The number of halogens is 1. The maximum atomic E-state index is 9.32. The molecule has 0 saturated carbocycles. The first-order valence-corrected chi connectivity index (χ1v) is 3.90. The predicted molar refractivity (Wildman–Crippen MR) is 41.9 cm³/mol. The molecule has 1 N–H and O–H groups in total. The van der Waals surface area contributed by atoms with Gasteiger partial charge in [0.1, 0.15) is 5.33 Å². The molecule has 0 aliphatic carbocycles. The van der Waals surface area contributed by atoms with Crippen molar-refractivity contribution in [3.8, 4) is 0 Å². The van der Waals surface area contributed by atoms with Gasteiger partial charge in [0.15, 0.2) is 0 Å². The zero-order valence-electron chi connectivity index (χ0n) is 6.02. The molecule has 0 fully saturated rings. The van der Waals surface area contributed by atoms with Crippen LogP contribution in [-0.2, 0) is 4.79 Å². The molecular weight excluding hydrogens is 184 g/mol. The normalized spacial score (nSPS) is 8.11. The van der Waals surface area contributed by atoms with Crippen LogP contribution in [0.3, 0.4) is 0 Å². The number of carboxylic acids is 1. The van der Waals surface area contributed by atoms with Crippen molar-refractivity contribution in [2.45, 2.75) is 20.8 Å². The van der Waals surface area contributed by atoms with E-state index in [4.69, 9.17) is 5.11 Å². The number of rotatable bonds is 1. The zero-order valence-corrected chi connectivity index (χ0v) is 7.60. The van der Waals surface area contributed by atoms with E-state index in [1.165, 1.54) is 0 Å². The Labute approximate surface area is 64.4 Å². The van der Waals surface area contributed by atoms with Crippen LogP contribution in [0.15, 0.2) is 0 Å². The average Bonchev–Trinajstić information content (AvgIpc) is 1.65. The van der Waals surface area contributed by atoms with Crippen molar-refractivity contribution in [3.63, 3.8) is 0 Å². The SMILES string of the molecule is CC(C)C.O=C(O)CBr. The second-order valence-electron chi connectivity index (χ2n) is 2.26. The third-order valence-corrected chi connectivity index (χ3v) is 0.594. The number of aliphatic carboxylic acids is 1. The molecule has 3 heteroatoms. The Bertz CT molecular complexity index is 68.7. The highest BCUT2D eigenvalue weighted by molar-refractivity contribution is 9.09. The van der Waals surface area contributed by atoms with Crippen molar-refractivity contribution in [2.24, 2.45) is 5.92 Å². The van der Waals surface area contributed by atoms with Gasteiger partial charge in [0.25, 0.3) is 0 Å². The van der Waals surface area contributed by atoms with E-state index >= 15 is 0 Å². The first-order chi connectivity index (χ1) is 4.00. The molecule has 0 spiro atoms. The van der Waals surface area contributed by atoms with E-state index in [0.29, 0.717) is 0 Å².